The predicted molar refractivity (Wildman–Crippen MR) is 99.5 cm³/mol. The maximum absolute atomic E-state index is 12.6. The summed E-state index contributed by atoms with van der Waals surface area (Å²) in [4.78, 5) is 36.0. The summed E-state index contributed by atoms with van der Waals surface area (Å²) in [6.07, 6.45) is 0.354. The first-order chi connectivity index (χ1) is 13.0. The predicted octanol–water partition coefficient (Wildman–Crippen LogP) is 2.34. The van der Waals surface area contributed by atoms with Gasteiger partial charge in [-0.2, -0.15) is 5.10 Å². The molecule has 2 aromatic heterocycles. The quantitative estimate of drug-likeness (QED) is 0.655. The molecule has 3 N–H and O–H groups in total. The van der Waals surface area contributed by atoms with Crippen molar-refractivity contribution in [2.45, 2.75) is 13.0 Å². The first kappa shape index (κ1) is 18.3. The van der Waals surface area contributed by atoms with Crippen LogP contribution in [0.3, 0.4) is 0 Å². The number of nitrogens with one attached hydrogen (secondary N) is 1. The van der Waals surface area contributed by atoms with Gasteiger partial charge < -0.3 is 10.5 Å². The van der Waals surface area contributed by atoms with E-state index < -0.39 is 24.0 Å². The molecule has 0 aliphatic heterocycles. The van der Waals surface area contributed by atoms with E-state index >= 15 is 0 Å². The van der Waals surface area contributed by atoms with Crippen LogP contribution in [0.5, 0.6) is 0 Å². The van der Waals surface area contributed by atoms with Gasteiger partial charge in [0.15, 0.2) is 6.10 Å². The minimum absolute atomic E-state index is 0.208. The second-order valence-corrected chi connectivity index (χ2v) is 6.50. The Morgan fingerprint density at radius 1 is 1.19 bits per heavy atom. The monoisotopic (exact) mass is 384 g/mol. The molecule has 0 unspecified atom stereocenters. The lowest BCUT2D eigenvalue weighted by atomic mass is 10.2. The van der Waals surface area contributed by atoms with Crippen molar-refractivity contribution in [2.24, 2.45) is 5.73 Å². The van der Waals surface area contributed by atoms with Crippen molar-refractivity contribution in [1.29, 1.82) is 0 Å². The zero-order chi connectivity index (χ0) is 19.4. The number of thiophene rings is 1. The van der Waals surface area contributed by atoms with Crippen molar-refractivity contribution in [1.82, 2.24) is 15.1 Å². The van der Waals surface area contributed by atoms with Crippen LogP contribution in [0, 0.1) is 0 Å². The third-order valence-electron chi connectivity index (χ3n) is 3.61. The zero-order valence-electron chi connectivity index (χ0n) is 14.3. The lowest BCUT2D eigenvalue weighted by molar-refractivity contribution is -0.127. The van der Waals surface area contributed by atoms with Gasteiger partial charge in [-0.05, 0) is 30.5 Å². The van der Waals surface area contributed by atoms with Gasteiger partial charge in [-0.15, -0.1) is 11.3 Å². The number of hydrogen-bond donors (Lipinski definition) is 2. The average molecular weight is 384 g/mol. The summed E-state index contributed by atoms with van der Waals surface area (Å²) in [7, 11) is 0. The van der Waals surface area contributed by atoms with E-state index in [1.807, 2.05) is 53.2 Å². The zero-order valence-corrected chi connectivity index (χ0v) is 15.1. The summed E-state index contributed by atoms with van der Waals surface area (Å²) in [5, 5.41) is 8.24. The van der Waals surface area contributed by atoms with E-state index in [0.29, 0.717) is 5.69 Å². The topological polar surface area (TPSA) is 116 Å². The molecule has 0 spiro atoms. The third-order valence-corrected chi connectivity index (χ3v) is 4.49. The SMILES string of the molecule is C[C@H](OC(=O)c1cn(-c2ccccc2)nc1-c1cccs1)C(=O)NC(N)=O. The highest BCUT2D eigenvalue weighted by Crippen LogP contribution is 2.28. The average Bonchev–Trinajstić information content (AvgIpc) is 3.31. The molecule has 8 nitrogen and oxygen atoms in total. The molecule has 0 aliphatic rings. The standard InChI is InChI=1S/C18H16N4O4S/c1-11(16(23)20-18(19)25)26-17(24)13-10-22(12-6-3-2-4-7-12)21-15(13)14-8-5-9-27-14/h2-11H,1H3,(H3,19,20,23,25)/t11-/m0/s1. The molecule has 0 saturated heterocycles. The molecule has 138 valence electrons. The number of ether oxygens (including phenoxy) is 1. The number of aromatic nitrogens is 2. The van der Waals surface area contributed by atoms with Crippen LogP contribution >= 0.6 is 11.3 Å². The fourth-order valence-corrected chi connectivity index (χ4v) is 3.06. The number of urea groups is 1. The highest BCUT2D eigenvalue weighted by Gasteiger charge is 2.25. The summed E-state index contributed by atoms with van der Waals surface area (Å²) in [5.41, 5.74) is 6.33. The summed E-state index contributed by atoms with van der Waals surface area (Å²) in [5.74, 6) is -1.53. The van der Waals surface area contributed by atoms with Crippen LogP contribution in [0.1, 0.15) is 17.3 Å². The minimum Gasteiger partial charge on any atom is -0.449 e. The van der Waals surface area contributed by atoms with E-state index in [9.17, 15) is 14.4 Å². The molecule has 0 radical (unpaired) electrons. The molecule has 0 fully saturated rings. The Morgan fingerprint density at radius 2 is 1.93 bits per heavy atom. The number of benzene rings is 1. The number of hydrogen-bond acceptors (Lipinski definition) is 6. The van der Waals surface area contributed by atoms with Gasteiger partial charge in [-0.1, -0.05) is 24.3 Å². The van der Waals surface area contributed by atoms with E-state index in [-0.39, 0.29) is 5.56 Å². The number of nitrogens with two attached hydrogens (primary N) is 1. The molecular weight excluding hydrogens is 368 g/mol. The summed E-state index contributed by atoms with van der Waals surface area (Å²) < 4.78 is 6.75. The molecule has 2 heterocycles. The highest BCUT2D eigenvalue weighted by atomic mass is 32.1. The molecule has 0 saturated carbocycles. The normalized spacial score (nSPS) is 11.6. The van der Waals surface area contributed by atoms with Crippen molar-refractivity contribution in [2.75, 3.05) is 0 Å². The fourth-order valence-electron chi connectivity index (χ4n) is 2.33. The van der Waals surface area contributed by atoms with Gasteiger partial charge in [0.1, 0.15) is 11.3 Å². The van der Waals surface area contributed by atoms with Crippen LogP contribution in [-0.2, 0) is 9.53 Å². The van der Waals surface area contributed by atoms with Gasteiger partial charge >= 0.3 is 12.0 Å². The van der Waals surface area contributed by atoms with Crippen molar-refractivity contribution in [3.05, 3.63) is 59.6 Å². The molecule has 1 atom stereocenters. The second kappa shape index (κ2) is 7.83. The van der Waals surface area contributed by atoms with Crippen LogP contribution in [0.15, 0.2) is 54.0 Å². The summed E-state index contributed by atoms with van der Waals surface area (Å²) >= 11 is 1.43. The number of nitrogens with zero attached hydrogens (tertiary/aromatic N) is 2. The maximum atomic E-state index is 12.6. The Labute approximate surface area is 158 Å². The summed E-state index contributed by atoms with van der Waals surface area (Å²) in [6, 6.07) is 12.0. The largest absolute Gasteiger partial charge is 0.449 e. The Hall–Kier alpha value is -3.46. The molecule has 3 aromatic rings. The number of primary amides is 1. The number of rotatable bonds is 5. The first-order valence-electron chi connectivity index (χ1n) is 7.96. The van der Waals surface area contributed by atoms with Crippen molar-refractivity contribution >= 4 is 29.2 Å². The van der Waals surface area contributed by atoms with Gasteiger partial charge in [0.25, 0.3) is 5.91 Å². The van der Waals surface area contributed by atoms with Gasteiger partial charge in [-0.25, -0.2) is 14.3 Å². The summed E-state index contributed by atoms with van der Waals surface area (Å²) in [6.45, 7) is 1.35. The molecule has 27 heavy (non-hydrogen) atoms. The fraction of sp³-hybridized carbons (Fsp3) is 0.111. The van der Waals surface area contributed by atoms with Crippen LogP contribution in [0.4, 0.5) is 4.79 Å². The van der Waals surface area contributed by atoms with Gasteiger partial charge in [0.2, 0.25) is 0 Å². The minimum atomic E-state index is -1.19. The van der Waals surface area contributed by atoms with Crippen molar-refractivity contribution in [3.8, 4) is 16.3 Å². The first-order valence-corrected chi connectivity index (χ1v) is 8.84. The Morgan fingerprint density at radius 3 is 2.56 bits per heavy atom. The van der Waals surface area contributed by atoms with Gasteiger partial charge in [-0.3, -0.25) is 10.1 Å². The van der Waals surface area contributed by atoms with Crippen LogP contribution < -0.4 is 11.1 Å². The molecule has 3 rings (SSSR count). The number of imide groups is 1. The van der Waals surface area contributed by atoms with Gasteiger partial charge in [0, 0.05) is 6.20 Å². The smallest absolute Gasteiger partial charge is 0.342 e. The molecule has 1 aromatic carbocycles. The van der Waals surface area contributed by atoms with E-state index in [2.05, 4.69) is 5.10 Å². The maximum Gasteiger partial charge on any atom is 0.342 e. The van der Waals surface area contributed by atoms with E-state index in [4.69, 9.17) is 10.5 Å². The van der Waals surface area contributed by atoms with E-state index in [1.54, 1.807) is 10.9 Å². The number of carbonyl (C=O) groups is 3. The molecular formula is C18H16N4O4S. The van der Waals surface area contributed by atoms with Crippen LogP contribution in [-0.4, -0.2) is 33.8 Å². The Bertz CT molecular complexity index is 967. The molecule has 0 aliphatic carbocycles. The third kappa shape index (κ3) is 4.21. The number of amides is 3. The highest BCUT2D eigenvalue weighted by molar-refractivity contribution is 7.13. The number of carbonyl (C=O) groups excluding carboxylic acids is 3. The van der Waals surface area contributed by atoms with Crippen molar-refractivity contribution in [3.63, 3.8) is 0 Å². The molecule has 0 bridgehead atoms. The number of esters is 1. The van der Waals surface area contributed by atoms with Crippen molar-refractivity contribution < 1.29 is 19.1 Å². The van der Waals surface area contributed by atoms with E-state index in [0.717, 1.165) is 10.6 Å². The van der Waals surface area contributed by atoms with Crippen LogP contribution in [0.25, 0.3) is 16.3 Å². The second-order valence-electron chi connectivity index (χ2n) is 5.55. The number of para-hydroxylation sites is 1. The molecule has 3 amide bonds. The van der Waals surface area contributed by atoms with Crippen LogP contribution in [0.2, 0.25) is 0 Å². The lowest BCUT2D eigenvalue weighted by Gasteiger charge is -2.11. The lowest BCUT2D eigenvalue weighted by Crippen LogP contribution is -2.42. The Kier molecular flexibility index (Phi) is 5.32. The molecule has 9 heteroatoms. The van der Waals surface area contributed by atoms with Gasteiger partial charge in [0.05, 0.1) is 10.6 Å². The van der Waals surface area contributed by atoms with E-state index in [1.165, 1.54) is 18.3 Å². The Balaban J connectivity index is 1.91.